The van der Waals surface area contributed by atoms with Crippen LogP contribution in [0.1, 0.15) is 10.5 Å². The van der Waals surface area contributed by atoms with E-state index >= 15 is 0 Å². The largest absolute Gasteiger partial charge is 0.451 e. The van der Waals surface area contributed by atoms with Crippen molar-refractivity contribution in [3.63, 3.8) is 0 Å². The Morgan fingerprint density at radius 3 is 2.60 bits per heavy atom. The molecule has 1 fully saturated rings. The normalized spacial score (nSPS) is 14.9. The summed E-state index contributed by atoms with van der Waals surface area (Å²) in [6, 6.07) is 0.892. The van der Waals surface area contributed by atoms with E-state index in [2.05, 4.69) is 4.98 Å². The zero-order chi connectivity index (χ0) is 14.5. The summed E-state index contributed by atoms with van der Waals surface area (Å²) in [5.74, 6) is -1.29. The molecular weight excluding hydrogens is 270 g/mol. The predicted octanol–water partition coefficient (Wildman–Crippen LogP) is -1.92. The number of H-pyrrole nitrogens is 2. The number of esters is 1. The molecule has 1 aliphatic heterocycles. The second-order valence-electron chi connectivity index (χ2n) is 4.07. The van der Waals surface area contributed by atoms with Crippen LogP contribution in [0.4, 0.5) is 0 Å². The first-order valence-corrected chi connectivity index (χ1v) is 5.92. The van der Waals surface area contributed by atoms with E-state index in [1.807, 2.05) is 4.98 Å². The van der Waals surface area contributed by atoms with Crippen LogP contribution >= 0.6 is 0 Å². The molecule has 9 nitrogen and oxygen atoms in total. The quantitative estimate of drug-likeness (QED) is 0.624. The van der Waals surface area contributed by atoms with E-state index in [1.54, 1.807) is 0 Å². The molecule has 0 saturated carbocycles. The minimum Gasteiger partial charge on any atom is -0.451 e. The number of ether oxygens (including phenoxy) is 2. The number of carbonyl (C=O) groups excluding carboxylic acids is 2. The lowest BCUT2D eigenvalue weighted by molar-refractivity contribution is -0.138. The molecule has 0 spiro atoms. The molecule has 0 radical (unpaired) electrons. The standard InChI is InChI=1S/C11H13N3O6/c15-8-5-7(12-11(18)13-8)10(17)20-6-9(16)14-1-3-19-4-2-14/h5H,1-4,6H2,(H2,12,13,15,18). The van der Waals surface area contributed by atoms with Crippen molar-refractivity contribution in [3.05, 3.63) is 32.6 Å². The number of morpholine rings is 1. The summed E-state index contributed by atoms with van der Waals surface area (Å²) >= 11 is 0. The maximum absolute atomic E-state index is 11.7. The zero-order valence-corrected chi connectivity index (χ0v) is 10.5. The van der Waals surface area contributed by atoms with E-state index in [0.717, 1.165) is 6.07 Å². The molecule has 0 atom stereocenters. The third-order valence-corrected chi connectivity index (χ3v) is 2.67. The van der Waals surface area contributed by atoms with Crippen LogP contribution in [0.5, 0.6) is 0 Å². The van der Waals surface area contributed by atoms with Gasteiger partial charge in [-0.3, -0.25) is 14.6 Å². The van der Waals surface area contributed by atoms with Crippen LogP contribution in [0.2, 0.25) is 0 Å². The zero-order valence-electron chi connectivity index (χ0n) is 10.5. The molecular formula is C11H13N3O6. The second-order valence-corrected chi connectivity index (χ2v) is 4.07. The summed E-state index contributed by atoms with van der Waals surface area (Å²) < 4.78 is 9.85. The summed E-state index contributed by atoms with van der Waals surface area (Å²) in [6.45, 7) is 1.33. The van der Waals surface area contributed by atoms with Crippen LogP contribution in [0.25, 0.3) is 0 Å². The Morgan fingerprint density at radius 2 is 1.95 bits per heavy atom. The fourth-order valence-corrected chi connectivity index (χ4v) is 1.69. The maximum atomic E-state index is 11.7. The second kappa shape index (κ2) is 6.15. The molecule has 0 bridgehead atoms. The van der Waals surface area contributed by atoms with Gasteiger partial charge in [-0.2, -0.15) is 0 Å². The Hall–Kier alpha value is -2.42. The van der Waals surface area contributed by atoms with E-state index in [4.69, 9.17) is 9.47 Å². The van der Waals surface area contributed by atoms with Gasteiger partial charge in [0.25, 0.3) is 11.5 Å². The molecule has 0 unspecified atom stereocenters. The first-order valence-electron chi connectivity index (χ1n) is 5.92. The molecule has 0 aliphatic carbocycles. The van der Waals surface area contributed by atoms with E-state index in [-0.39, 0.29) is 11.6 Å². The fourth-order valence-electron chi connectivity index (χ4n) is 1.69. The van der Waals surface area contributed by atoms with Crippen LogP contribution < -0.4 is 11.2 Å². The van der Waals surface area contributed by atoms with Gasteiger partial charge in [0, 0.05) is 19.2 Å². The number of hydrogen-bond acceptors (Lipinski definition) is 6. The predicted molar refractivity (Wildman–Crippen MR) is 65.4 cm³/mol. The molecule has 2 N–H and O–H groups in total. The summed E-state index contributed by atoms with van der Waals surface area (Å²) in [4.78, 5) is 50.9. The lowest BCUT2D eigenvalue weighted by Gasteiger charge is -2.26. The highest BCUT2D eigenvalue weighted by molar-refractivity contribution is 5.89. The first-order chi connectivity index (χ1) is 9.56. The number of carbonyl (C=O) groups is 2. The Balaban J connectivity index is 1.93. The number of hydrogen-bond donors (Lipinski definition) is 2. The Labute approximate surface area is 112 Å². The van der Waals surface area contributed by atoms with Gasteiger partial charge in [-0.1, -0.05) is 0 Å². The van der Waals surface area contributed by atoms with E-state index in [9.17, 15) is 19.2 Å². The third-order valence-electron chi connectivity index (χ3n) is 2.67. The van der Waals surface area contributed by atoms with Gasteiger partial charge < -0.3 is 19.4 Å². The molecule has 1 aliphatic rings. The smallest absolute Gasteiger partial charge is 0.355 e. The van der Waals surface area contributed by atoms with Crippen LogP contribution in [-0.4, -0.2) is 59.7 Å². The fraction of sp³-hybridized carbons (Fsp3) is 0.455. The number of aromatic nitrogens is 2. The van der Waals surface area contributed by atoms with Crippen LogP contribution in [0.15, 0.2) is 15.7 Å². The molecule has 20 heavy (non-hydrogen) atoms. The monoisotopic (exact) mass is 283 g/mol. The highest BCUT2D eigenvalue weighted by Gasteiger charge is 2.19. The lowest BCUT2D eigenvalue weighted by atomic mass is 10.4. The van der Waals surface area contributed by atoms with Gasteiger partial charge in [-0.25, -0.2) is 9.59 Å². The van der Waals surface area contributed by atoms with Crippen molar-refractivity contribution >= 4 is 11.9 Å². The minimum atomic E-state index is -0.935. The number of nitrogens with one attached hydrogen (secondary N) is 2. The summed E-state index contributed by atoms with van der Waals surface area (Å²) in [5.41, 5.74) is -1.84. The number of aromatic amines is 2. The van der Waals surface area contributed by atoms with Crippen LogP contribution in [0, 0.1) is 0 Å². The highest BCUT2D eigenvalue weighted by atomic mass is 16.5. The third kappa shape index (κ3) is 3.54. The molecule has 1 amide bonds. The van der Waals surface area contributed by atoms with Gasteiger partial charge >= 0.3 is 11.7 Å². The molecule has 108 valence electrons. The van der Waals surface area contributed by atoms with E-state index < -0.39 is 23.8 Å². The van der Waals surface area contributed by atoms with Gasteiger partial charge in [0.15, 0.2) is 6.61 Å². The van der Waals surface area contributed by atoms with Crippen molar-refractivity contribution in [3.8, 4) is 0 Å². The van der Waals surface area contributed by atoms with Crippen molar-refractivity contribution in [2.45, 2.75) is 0 Å². The van der Waals surface area contributed by atoms with Crippen molar-refractivity contribution in [2.24, 2.45) is 0 Å². The van der Waals surface area contributed by atoms with Gasteiger partial charge in [-0.05, 0) is 0 Å². The summed E-state index contributed by atoms with van der Waals surface area (Å²) in [5, 5.41) is 0. The number of nitrogens with zero attached hydrogens (tertiary/aromatic N) is 1. The summed E-state index contributed by atoms with van der Waals surface area (Å²) in [7, 11) is 0. The number of amides is 1. The van der Waals surface area contributed by atoms with E-state index in [0.29, 0.717) is 26.3 Å². The molecule has 2 rings (SSSR count). The Kier molecular flexibility index (Phi) is 4.31. The maximum Gasteiger partial charge on any atom is 0.355 e. The topological polar surface area (TPSA) is 122 Å². The molecule has 1 aromatic heterocycles. The van der Waals surface area contributed by atoms with Crippen molar-refractivity contribution in [1.82, 2.24) is 14.9 Å². The van der Waals surface area contributed by atoms with Crippen molar-refractivity contribution in [2.75, 3.05) is 32.9 Å². The van der Waals surface area contributed by atoms with E-state index in [1.165, 1.54) is 4.90 Å². The van der Waals surface area contributed by atoms with Gasteiger partial charge in [-0.15, -0.1) is 0 Å². The average molecular weight is 283 g/mol. The molecule has 9 heteroatoms. The Morgan fingerprint density at radius 1 is 1.25 bits per heavy atom. The van der Waals surface area contributed by atoms with Crippen molar-refractivity contribution < 1.29 is 19.1 Å². The molecule has 1 aromatic rings. The van der Waals surface area contributed by atoms with Gasteiger partial charge in [0.2, 0.25) is 0 Å². The average Bonchev–Trinajstić information content (AvgIpc) is 2.44. The summed E-state index contributed by atoms with van der Waals surface area (Å²) in [6.07, 6.45) is 0. The lowest BCUT2D eigenvalue weighted by Crippen LogP contribution is -2.42. The first kappa shape index (κ1) is 14.0. The molecule has 1 saturated heterocycles. The molecule has 0 aromatic carbocycles. The number of rotatable bonds is 3. The SMILES string of the molecule is O=C(OCC(=O)N1CCOCC1)c1cc(=O)[nH]c(=O)[nH]1. The Bertz CT molecular complexity index is 585. The highest BCUT2D eigenvalue weighted by Crippen LogP contribution is 1.99. The van der Waals surface area contributed by atoms with Crippen LogP contribution in [0.3, 0.4) is 0 Å². The van der Waals surface area contributed by atoms with Crippen LogP contribution in [-0.2, 0) is 14.3 Å². The van der Waals surface area contributed by atoms with Gasteiger partial charge in [0.1, 0.15) is 5.69 Å². The molecule has 2 heterocycles. The van der Waals surface area contributed by atoms with Crippen molar-refractivity contribution in [1.29, 1.82) is 0 Å². The minimum absolute atomic E-state index is 0.298. The van der Waals surface area contributed by atoms with Gasteiger partial charge in [0.05, 0.1) is 13.2 Å².